The van der Waals surface area contributed by atoms with E-state index >= 15 is 0 Å². The minimum atomic E-state index is -0.100. The van der Waals surface area contributed by atoms with E-state index in [2.05, 4.69) is 5.32 Å². The van der Waals surface area contributed by atoms with E-state index in [9.17, 15) is 4.79 Å². The topological polar surface area (TPSA) is 49.3 Å². The smallest absolute Gasteiger partial charge is 0.261 e. The van der Waals surface area contributed by atoms with E-state index < -0.39 is 0 Å². The second kappa shape index (κ2) is 4.23. The van der Waals surface area contributed by atoms with Gasteiger partial charge in [0.05, 0.1) is 11.5 Å². The Hall–Kier alpha value is -0.870. The molecule has 0 atom stereocenters. The van der Waals surface area contributed by atoms with Crippen LogP contribution in [0.4, 0.5) is 0 Å². The molecule has 1 amide bonds. The highest BCUT2D eigenvalue weighted by molar-refractivity contribution is 7.12. The van der Waals surface area contributed by atoms with Gasteiger partial charge in [-0.2, -0.15) is 0 Å². The van der Waals surface area contributed by atoms with E-state index in [1.165, 1.54) is 11.3 Å². The Balaban J connectivity index is 2.79. The fourth-order valence-corrected chi connectivity index (χ4v) is 1.73. The van der Waals surface area contributed by atoms with Gasteiger partial charge in [-0.1, -0.05) is 0 Å². The SMILES string of the molecule is CCNC(=O)c1sccc1CO. The number of carbonyl (C=O) groups is 1. The van der Waals surface area contributed by atoms with Crippen molar-refractivity contribution in [2.75, 3.05) is 6.54 Å². The third kappa shape index (κ3) is 1.84. The molecule has 0 fully saturated rings. The summed E-state index contributed by atoms with van der Waals surface area (Å²) in [6, 6.07) is 1.76. The van der Waals surface area contributed by atoms with Crippen LogP contribution in [0.5, 0.6) is 0 Å². The highest BCUT2D eigenvalue weighted by atomic mass is 32.1. The molecule has 0 bridgehead atoms. The minimum absolute atomic E-state index is 0.0734. The molecule has 66 valence electrons. The number of thiophene rings is 1. The van der Waals surface area contributed by atoms with Crippen LogP contribution in [0.1, 0.15) is 22.2 Å². The summed E-state index contributed by atoms with van der Waals surface area (Å²) in [4.78, 5) is 11.9. The molecule has 1 rings (SSSR count). The zero-order valence-electron chi connectivity index (χ0n) is 6.83. The van der Waals surface area contributed by atoms with Gasteiger partial charge in [0, 0.05) is 12.1 Å². The van der Waals surface area contributed by atoms with Crippen LogP contribution >= 0.6 is 11.3 Å². The van der Waals surface area contributed by atoms with Gasteiger partial charge in [0.15, 0.2) is 0 Å². The lowest BCUT2D eigenvalue weighted by Crippen LogP contribution is -2.22. The van der Waals surface area contributed by atoms with Crippen molar-refractivity contribution in [1.82, 2.24) is 5.32 Å². The molecular formula is C8H11NO2S. The zero-order valence-corrected chi connectivity index (χ0v) is 7.65. The highest BCUT2D eigenvalue weighted by Crippen LogP contribution is 2.16. The molecule has 0 spiro atoms. The van der Waals surface area contributed by atoms with Crippen LogP contribution in [0, 0.1) is 0 Å². The maximum Gasteiger partial charge on any atom is 0.261 e. The number of hydrogen-bond acceptors (Lipinski definition) is 3. The third-order valence-electron chi connectivity index (χ3n) is 1.46. The van der Waals surface area contributed by atoms with Crippen LogP contribution in [0.15, 0.2) is 11.4 Å². The maximum atomic E-state index is 11.3. The number of rotatable bonds is 3. The third-order valence-corrected chi connectivity index (χ3v) is 2.42. The molecule has 1 aromatic heterocycles. The van der Waals surface area contributed by atoms with Gasteiger partial charge in [-0.25, -0.2) is 0 Å². The molecule has 0 saturated heterocycles. The fourth-order valence-electron chi connectivity index (χ4n) is 0.900. The largest absolute Gasteiger partial charge is 0.392 e. The molecule has 0 aliphatic carbocycles. The Morgan fingerprint density at radius 1 is 1.75 bits per heavy atom. The van der Waals surface area contributed by atoms with E-state index in [0.717, 1.165) is 0 Å². The summed E-state index contributed by atoms with van der Waals surface area (Å²) < 4.78 is 0. The van der Waals surface area contributed by atoms with Crippen LogP contribution in [-0.2, 0) is 6.61 Å². The molecule has 0 saturated carbocycles. The lowest BCUT2D eigenvalue weighted by Gasteiger charge is -2.00. The summed E-state index contributed by atoms with van der Waals surface area (Å²) in [5.74, 6) is -0.100. The highest BCUT2D eigenvalue weighted by Gasteiger charge is 2.10. The summed E-state index contributed by atoms with van der Waals surface area (Å²) in [6.07, 6.45) is 0. The normalized spacial score (nSPS) is 9.83. The summed E-state index contributed by atoms with van der Waals surface area (Å²) in [5.41, 5.74) is 0.700. The van der Waals surface area contributed by atoms with Crippen LogP contribution in [0.3, 0.4) is 0 Å². The van der Waals surface area contributed by atoms with Gasteiger partial charge in [-0.15, -0.1) is 11.3 Å². The van der Waals surface area contributed by atoms with Gasteiger partial charge in [0.1, 0.15) is 0 Å². The Labute approximate surface area is 75.0 Å². The Morgan fingerprint density at radius 2 is 2.50 bits per heavy atom. The molecule has 4 heteroatoms. The van der Waals surface area contributed by atoms with Gasteiger partial charge < -0.3 is 10.4 Å². The first-order chi connectivity index (χ1) is 5.79. The molecule has 0 aliphatic rings. The van der Waals surface area contributed by atoms with Crippen molar-refractivity contribution in [3.05, 3.63) is 21.9 Å². The van der Waals surface area contributed by atoms with Crippen molar-refractivity contribution in [3.8, 4) is 0 Å². The molecule has 1 aromatic rings. The number of hydrogen-bond donors (Lipinski definition) is 2. The van der Waals surface area contributed by atoms with Crippen molar-refractivity contribution in [2.24, 2.45) is 0 Å². The Morgan fingerprint density at radius 3 is 3.08 bits per heavy atom. The van der Waals surface area contributed by atoms with Gasteiger partial charge >= 0.3 is 0 Å². The van der Waals surface area contributed by atoms with E-state index in [1.807, 2.05) is 6.92 Å². The number of amides is 1. The van der Waals surface area contributed by atoms with E-state index in [0.29, 0.717) is 17.0 Å². The summed E-state index contributed by atoms with van der Waals surface area (Å²) in [5, 5.41) is 13.3. The molecular weight excluding hydrogens is 174 g/mol. The van der Waals surface area contributed by atoms with E-state index in [1.54, 1.807) is 11.4 Å². The molecule has 0 radical (unpaired) electrons. The van der Waals surface area contributed by atoms with Gasteiger partial charge in [0.2, 0.25) is 0 Å². The number of aliphatic hydroxyl groups is 1. The Kier molecular flexibility index (Phi) is 3.25. The second-order valence-electron chi connectivity index (χ2n) is 2.29. The van der Waals surface area contributed by atoms with Gasteiger partial charge in [-0.3, -0.25) is 4.79 Å². The first-order valence-corrected chi connectivity index (χ1v) is 4.63. The molecule has 12 heavy (non-hydrogen) atoms. The summed E-state index contributed by atoms with van der Waals surface area (Å²) >= 11 is 1.35. The van der Waals surface area contributed by atoms with Crippen molar-refractivity contribution in [1.29, 1.82) is 0 Å². The molecule has 0 aliphatic heterocycles. The van der Waals surface area contributed by atoms with Crippen LogP contribution in [0.25, 0.3) is 0 Å². The lowest BCUT2D eigenvalue weighted by atomic mass is 10.2. The first-order valence-electron chi connectivity index (χ1n) is 3.75. The molecule has 0 unspecified atom stereocenters. The quantitative estimate of drug-likeness (QED) is 0.737. The molecule has 3 nitrogen and oxygen atoms in total. The van der Waals surface area contributed by atoms with Gasteiger partial charge in [0.25, 0.3) is 5.91 Å². The number of carbonyl (C=O) groups excluding carboxylic acids is 1. The van der Waals surface area contributed by atoms with Crippen molar-refractivity contribution >= 4 is 17.2 Å². The van der Waals surface area contributed by atoms with Crippen molar-refractivity contribution < 1.29 is 9.90 Å². The first kappa shape index (κ1) is 9.22. The average molecular weight is 185 g/mol. The monoisotopic (exact) mass is 185 g/mol. The standard InChI is InChI=1S/C8H11NO2S/c1-2-9-8(11)7-6(5-10)3-4-12-7/h3-4,10H,2,5H2,1H3,(H,9,11). The molecule has 1 heterocycles. The van der Waals surface area contributed by atoms with E-state index in [4.69, 9.17) is 5.11 Å². The minimum Gasteiger partial charge on any atom is -0.392 e. The average Bonchev–Trinajstić information content (AvgIpc) is 2.51. The van der Waals surface area contributed by atoms with Crippen molar-refractivity contribution in [2.45, 2.75) is 13.5 Å². The maximum absolute atomic E-state index is 11.3. The summed E-state index contributed by atoms with van der Waals surface area (Å²) in [7, 11) is 0. The number of aliphatic hydroxyl groups excluding tert-OH is 1. The predicted octanol–water partition coefficient (Wildman–Crippen LogP) is 0.990. The fraction of sp³-hybridized carbons (Fsp3) is 0.375. The van der Waals surface area contributed by atoms with Crippen LogP contribution < -0.4 is 5.32 Å². The summed E-state index contributed by atoms with van der Waals surface area (Å²) in [6.45, 7) is 2.40. The molecule has 0 aromatic carbocycles. The predicted molar refractivity (Wildman–Crippen MR) is 48.2 cm³/mol. The van der Waals surface area contributed by atoms with Crippen LogP contribution in [0.2, 0.25) is 0 Å². The Bertz CT molecular complexity index is 270. The lowest BCUT2D eigenvalue weighted by molar-refractivity contribution is 0.0957. The van der Waals surface area contributed by atoms with Crippen molar-refractivity contribution in [3.63, 3.8) is 0 Å². The number of nitrogens with one attached hydrogen (secondary N) is 1. The van der Waals surface area contributed by atoms with Crippen LogP contribution in [-0.4, -0.2) is 17.6 Å². The molecule has 2 N–H and O–H groups in total. The van der Waals surface area contributed by atoms with Gasteiger partial charge in [-0.05, 0) is 18.4 Å². The van der Waals surface area contributed by atoms with E-state index in [-0.39, 0.29) is 12.5 Å². The zero-order chi connectivity index (χ0) is 8.97. The second-order valence-corrected chi connectivity index (χ2v) is 3.21.